The molecule has 1 atom stereocenters. The van der Waals surface area contributed by atoms with Gasteiger partial charge in [-0.1, -0.05) is 25.1 Å². The van der Waals surface area contributed by atoms with Crippen molar-refractivity contribution in [1.82, 2.24) is 9.21 Å². The van der Waals surface area contributed by atoms with Crippen molar-refractivity contribution in [2.45, 2.75) is 37.0 Å². The minimum atomic E-state index is -4.93. The molecule has 2 aromatic rings. The quantitative estimate of drug-likeness (QED) is 0.568. The van der Waals surface area contributed by atoms with Crippen LogP contribution in [-0.2, 0) is 32.5 Å². The summed E-state index contributed by atoms with van der Waals surface area (Å²) < 4.78 is 87.8. The van der Waals surface area contributed by atoms with Gasteiger partial charge in [0.15, 0.2) is 0 Å². The summed E-state index contributed by atoms with van der Waals surface area (Å²) in [7, 11) is -4.58. The zero-order chi connectivity index (χ0) is 24.7. The number of nitrogens with zero attached hydrogens (tertiary/aromatic N) is 2. The van der Waals surface area contributed by atoms with E-state index < -0.39 is 34.6 Å². The van der Waals surface area contributed by atoms with Gasteiger partial charge in [-0.2, -0.15) is 17.5 Å². The van der Waals surface area contributed by atoms with Gasteiger partial charge < -0.3 is 9.64 Å². The molecule has 2 aliphatic rings. The minimum absolute atomic E-state index is 0.0752. The van der Waals surface area contributed by atoms with E-state index in [1.165, 1.54) is 19.1 Å². The highest BCUT2D eigenvalue weighted by Gasteiger charge is 2.48. The molecule has 184 valence electrons. The number of ether oxygens (including phenoxy) is 1. The first-order valence-electron chi connectivity index (χ1n) is 10.8. The van der Waals surface area contributed by atoms with Crippen molar-refractivity contribution in [3.05, 3.63) is 65.0 Å². The summed E-state index contributed by atoms with van der Waals surface area (Å²) in [5.74, 6) is -1.01. The molecule has 4 rings (SSSR count). The zero-order valence-corrected chi connectivity index (χ0v) is 19.2. The van der Waals surface area contributed by atoms with Crippen molar-refractivity contribution in [2.24, 2.45) is 5.92 Å². The molecule has 0 bridgehead atoms. The van der Waals surface area contributed by atoms with Crippen molar-refractivity contribution in [3.63, 3.8) is 0 Å². The molecule has 0 saturated carbocycles. The number of halogens is 4. The van der Waals surface area contributed by atoms with Crippen molar-refractivity contribution in [3.8, 4) is 0 Å². The molecular formula is C23H24F4N2O4S. The molecule has 0 radical (unpaired) electrons. The van der Waals surface area contributed by atoms with Gasteiger partial charge in [0.1, 0.15) is 11.9 Å². The van der Waals surface area contributed by atoms with Gasteiger partial charge in [0, 0.05) is 19.6 Å². The van der Waals surface area contributed by atoms with Crippen molar-refractivity contribution in [2.75, 3.05) is 26.3 Å². The van der Waals surface area contributed by atoms with Crippen LogP contribution in [0.5, 0.6) is 0 Å². The molecule has 1 fully saturated rings. The van der Waals surface area contributed by atoms with E-state index in [1.54, 1.807) is 11.0 Å². The summed E-state index contributed by atoms with van der Waals surface area (Å²) in [6, 6.07) is 5.37. The smallest absolute Gasteiger partial charge is 0.380 e. The number of alkyl halides is 3. The van der Waals surface area contributed by atoms with Crippen LogP contribution in [0, 0.1) is 11.7 Å². The molecular weight excluding hydrogens is 476 g/mol. The molecule has 6 nitrogen and oxygen atoms in total. The van der Waals surface area contributed by atoms with E-state index in [9.17, 15) is 30.8 Å². The van der Waals surface area contributed by atoms with Crippen LogP contribution in [0.25, 0.3) is 0 Å². The lowest BCUT2D eigenvalue weighted by Crippen LogP contribution is -2.46. The Morgan fingerprint density at radius 1 is 1.15 bits per heavy atom. The van der Waals surface area contributed by atoms with Crippen LogP contribution in [0.15, 0.2) is 47.4 Å². The van der Waals surface area contributed by atoms with Gasteiger partial charge in [0.25, 0.3) is 0 Å². The number of carbonyl (C=O) groups is 1. The highest BCUT2D eigenvalue weighted by atomic mass is 32.2. The second kappa shape index (κ2) is 9.27. The predicted molar refractivity (Wildman–Crippen MR) is 115 cm³/mol. The van der Waals surface area contributed by atoms with Crippen LogP contribution in [0.1, 0.15) is 29.7 Å². The Bertz CT molecular complexity index is 1160. The average Bonchev–Trinajstić information content (AvgIpc) is 2.75. The molecule has 2 aromatic carbocycles. The van der Waals surface area contributed by atoms with E-state index in [0.29, 0.717) is 36.0 Å². The summed E-state index contributed by atoms with van der Waals surface area (Å²) in [6.07, 6.45) is -4.41. The minimum Gasteiger partial charge on any atom is -0.380 e. The predicted octanol–water partition coefficient (Wildman–Crippen LogP) is 3.67. The number of fused-ring (bicyclic) bond motifs is 1. The van der Waals surface area contributed by atoms with Gasteiger partial charge in [0.05, 0.1) is 24.0 Å². The Morgan fingerprint density at radius 2 is 1.82 bits per heavy atom. The molecule has 0 N–H and O–H groups in total. The first-order valence-corrected chi connectivity index (χ1v) is 12.3. The highest BCUT2D eigenvalue weighted by molar-refractivity contribution is 7.89. The topological polar surface area (TPSA) is 66.9 Å². The van der Waals surface area contributed by atoms with E-state index in [2.05, 4.69) is 0 Å². The standard InChI is InChI=1S/C23H24F4N2O4S/c1-2-29(21(23(25,26)27)16-3-6-19(24)7-4-16)34(31,32)20-8-5-15-9-10-28(12-17(15)11-20)22(30)18-13-33-14-18/h3-8,11,18,21H,2,9-10,12-14H2,1H3. The molecule has 11 heteroatoms. The number of amides is 1. The maximum atomic E-state index is 14.1. The van der Waals surface area contributed by atoms with Gasteiger partial charge >= 0.3 is 6.18 Å². The van der Waals surface area contributed by atoms with Crippen LogP contribution in [0.2, 0.25) is 0 Å². The lowest BCUT2D eigenvalue weighted by Gasteiger charge is -2.35. The van der Waals surface area contributed by atoms with Gasteiger partial charge in [-0.3, -0.25) is 4.79 Å². The van der Waals surface area contributed by atoms with Gasteiger partial charge in [-0.15, -0.1) is 0 Å². The monoisotopic (exact) mass is 500 g/mol. The third kappa shape index (κ3) is 4.69. The molecule has 2 heterocycles. The molecule has 34 heavy (non-hydrogen) atoms. The average molecular weight is 501 g/mol. The normalized spacial score (nSPS) is 17.9. The molecule has 1 unspecified atom stereocenters. The Morgan fingerprint density at radius 3 is 2.38 bits per heavy atom. The SMILES string of the molecule is CCN(C(c1ccc(F)cc1)C(F)(F)F)S(=O)(=O)c1ccc2c(c1)CN(C(=O)C1COC1)CC2. The lowest BCUT2D eigenvalue weighted by atomic mass is 9.98. The Labute approximate surface area is 195 Å². The fourth-order valence-corrected chi connectivity index (χ4v) is 5.97. The van der Waals surface area contributed by atoms with Crippen molar-refractivity contribution < 1.29 is 35.5 Å². The van der Waals surface area contributed by atoms with E-state index in [1.807, 2.05) is 0 Å². The maximum Gasteiger partial charge on any atom is 0.409 e. The second-order valence-corrected chi connectivity index (χ2v) is 10.3. The van der Waals surface area contributed by atoms with Gasteiger partial charge in [-0.05, 0) is 47.4 Å². The van der Waals surface area contributed by atoms with Crippen LogP contribution in [0.3, 0.4) is 0 Å². The van der Waals surface area contributed by atoms with E-state index in [0.717, 1.165) is 29.8 Å². The zero-order valence-electron chi connectivity index (χ0n) is 18.4. The van der Waals surface area contributed by atoms with E-state index in [-0.39, 0.29) is 28.8 Å². The van der Waals surface area contributed by atoms with Crippen LogP contribution in [0.4, 0.5) is 17.6 Å². The summed E-state index contributed by atoms with van der Waals surface area (Å²) in [5, 5.41) is 0. The maximum absolute atomic E-state index is 14.1. The molecule has 1 saturated heterocycles. The Hall–Kier alpha value is -2.50. The molecule has 1 amide bonds. The number of carbonyl (C=O) groups excluding carboxylic acids is 1. The number of hydrogen-bond donors (Lipinski definition) is 0. The fourth-order valence-electron chi connectivity index (χ4n) is 4.31. The van der Waals surface area contributed by atoms with Crippen molar-refractivity contribution >= 4 is 15.9 Å². The van der Waals surface area contributed by atoms with Crippen molar-refractivity contribution in [1.29, 1.82) is 0 Å². The van der Waals surface area contributed by atoms with Gasteiger partial charge in [-0.25, -0.2) is 12.8 Å². The van der Waals surface area contributed by atoms with E-state index in [4.69, 9.17) is 4.74 Å². The largest absolute Gasteiger partial charge is 0.409 e. The van der Waals surface area contributed by atoms with Crippen LogP contribution in [-0.4, -0.2) is 56.0 Å². The van der Waals surface area contributed by atoms with E-state index >= 15 is 0 Å². The molecule has 0 aromatic heterocycles. The van der Waals surface area contributed by atoms with Crippen LogP contribution >= 0.6 is 0 Å². The Kier molecular flexibility index (Phi) is 6.71. The molecule has 2 aliphatic heterocycles. The third-order valence-electron chi connectivity index (χ3n) is 6.19. The fraction of sp³-hybridized carbons (Fsp3) is 0.435. The number of hydrogen-bond acceptors (Lipinski definition) is 4. The number of benzene rings is 2. The van der Waals surface area contributed by atoms with Crippen LogP contribution < -0.4 is 0 Å². The summed E-state index contributed by atoms with van der Waals surface area (Å²) in [4.78, 5) is 13.9. The lowest BCUT2D eigenvalue weighted by molar-refractivity contribution is -0.173. The number of rotatable bonds is 6. The van der Waals surface area contributed by atoms with Gasteiger partial charge in [0.2, 0.25) is 15.9 Å². The summed E-state index contributed by atoms with van der Waals surface area (Å²) in [5.41, 5.74) is 1.06. The summed E-state index contributed by atoms with van der Waals surface area (Å²) in [6.45, 7) is 2.23. The first-order chi connectivity index (χ1) is 16.0. The third-order valence-corrected chi connectivity index (χ3v) is 8.13. The summed E-state index contributed by atoms with van der Waals surface area (Å²) >= 11 is 0. The molecule has 0 spiro atoms. The highest BCUT2D eigenvalue weighted by Crippen LogP contribution is 2.41. The Balaban J connectivity index is 1.67. The molecule has 0 aliphatic carbocycles. The second-order valence-electron chi connectivity index (χ2n) is 8.38. The number of sulfonamides is 1. The first kappa shape index (κ1) is 24.6.